The largest absolute Gasteiger partial charge is 0.465 e. The lowest BCUT2D eigenvalue weighted by Gasteiger charge is -2.10. The Balaban J connectivity index is 2.81. The maximum absolute atomic E-state index is 13.6. The van der Waals surface area contributed by atoms with Gasteiger partial charge >= 0.3 is 17.8 Å². The highest BCUT2D eigenvalue weighted by molar-refractivity contribution is 6.39. The molecule has 0 aliphatic rings. The number of ether oxygens (including phenoxy) is 1. The molecule has 0 radical (unpaired) electrons. The molecule has 23 heavy (non-hydrogen) atoms. The van der Waals surface area contributed by atoms with Gasteiger partial charge in [0.15, 0.2) is 0 Å². The van der Waals surface area contributed by atoms with E-state index in [0.717, 1.165) is 13.2 Å². The number of hydrogen-bond acceptors (Lipinski definition) is 4. The topological polar surface area (TPSA) is 84.5 Å². The summed E-state index contributed by atoms with van der Waals surface area (Å²) in [5, 5.41) is 4.37. The van der Waals surface area contributed by atoms with Crippen LogP contribution in [0.3, 0.4) is 0 Å². The third-order valence-electron chi connectivity index (χ3n) is 2.92. The van der Waals surface area contributed by atoms with Crippen molar-refractivity contribution < 1.29 is 27.9 Å². The Morgan fingerprint density at radius 1 is 1.13 bits per heavy atom. The number of carbonyl (C=O) groups is 3. The summed E-state index contributed by atoms with van der Waals surface area (Å²) in [5.41, 5.74) is -1.04. The van der Waals surface area contributed by atoms with Crippen LogP contribution < -0.4 is 10.6 Å². The molecule has 2 amide bonds. The SMILES string of the molecule is COC(=O)c1cc(NC(=O)C(=O)NCCC(C)C)c(F)cc1F. The van der Waals surface area contributed by atoms with Gasteiger partial charge in [0.05, 0.1) is 18.4 Å². The van der Waals surface area contributed by atoms with Gasteiger partial charge in [0.25, 0.3) is 0 Å². The minimum atomic E-state index is -1.13. The van der Waals surface area contributed by atoms with Crippen molar-refractivity contribution in [2.24, 2.45) is 5.92 Å². The molecule has 126 valence electrons. The number of benzene rings is 1. The van der Waals surface area contributed by atoms with Crippen molar-refractivity contribution in [3.05, 3.63) is 29.3 Å². The molecule has 1 aromatic rings. The zero-order valence-electron chi connectivity index (χ0n) is 13.0. The molecular weight excluding hydrogens is 310 g/mol. The summed E-state index contributed by atoms with van der Waals surface area (Å²) in [6, 6.07) is 1.20. The Kier molecular flexibility index (Phi) is 6.62. The Bertz CT molecular complexity index is 618. The molecule has 0 fully saturated rings. The van der Waals surface area contributed by atoms with Gasteiger partial charge < -0.3 is 15.4 Å². The number of carbonyl (C=O) groups excluding carboxylic acids is 3. The molecule has 1 aromatic carbocycles. The van der Waals surface area contributed by atoms with E-state index in [4.69, 9.17) is 0 Å². The van der Waals surface area contributed by atoms with E-state index < -0.39 is 40.7 Å². The maximum atomic E-state index is 13.6. The summed E-state index contributed by atoms with van der Waals surface area (Å²) >= 11 is 0. The number of methoxy groups -OCH3 is 1. The van der Waals surface area contributed by atoms with Crippen molar-refractivity contribution in [1.29, 1.82) is 0 Å². The van der Waals surface area contributed by atoms with E-state index in [-0.39, 0.29) is 0 Å². The van der Waals surface area contributed by atoms with Gasteiger partial charge in [0.2, 0.25) is 0 Å². The van der Waals surface area contributed by atoms with Gasteiger partial charge in [-0.3, -0.25) is 9.59 Å². The van der Waals surface area contributed by atoms with Crippen molar-refractivity contribution in [3.63, 3.8) is 0 Å². The normalized spacial score (nSPS) is 10.3. The first-order valence-electron chi connectivity index (χ1n) is 6.92. The van der Waals surface area contributed by atoms with Crippen molar-refractivity contribution in [2.75, 3.05) is 19.0 Å². The monoisotopic (exact) mass is 328 g/mol. The van der Waals surface area contributed by atoms with Crippen LogP contribution in [0.25, 0.3) is 0 Å². The first-order valence-corrected chi connectivity index (χ1v) is 6.92. The number of anilines is 1. The van der Waals surface area contributed by atoms with Crippen LogP contribution in [0.2, 0.25) is 0 Å². The zero-order chi connectivity index (χ0) is 17.6. The van der Waals surface area contributed by atoms with E-state index in [1.807, 2.05) is 19.2 Å². The molecule has 0 spiro atoms. The van der Waals surface area contributed by atoms with Gasteiger partial charge in [-0.05, 0) is 18.4 Å². The highest BCUT2D eigenvalue weighted by atomic mass is 19.1. The van der Waals surface area contributed by atoms with Crippen LogP contribution in [0.5, 0.6) is 0 Å². The number of halogens is 2. The lowest BCUT2D eigenvalue weighted by Crippen LogP contribution is -2.36. The fraction of sp³-hybridized carbons (Fsp3) is 0.400. The van der Waals surface area contributed by atoms with Crippen LogP contribution in [0.1, 0.15) is 30.6 Å². The second-order valence-electron chi connectivity index (χ2n) is 5.20. The number of rotatable bonds is 5. The molecule has 0 aliphatic carbocycles. The van der Waals surface area contributed by atoms with Crippen LogP contribution in [0.4, 0.5) is 14.5 Å². The average Bonchev–Trinajstić information content (AvgIpc) is 2.48. The molecule has 0 unspecified atom stereocenters. The summed E-state index contributed by atoms with van der Waals surface area (Å²) in [6.07, 6.45) is 0.677. The highest BCUT2D eigenvalue weighted by Gasteiger charge is 2.20. The summed E-state index contributed by atoms with van der Waals surface area (Å²) in [7, 11) is 1.03. The summed E-state index contributed by atoms with van der Waals surface area (Å²) < 4.78 is 31.5. The van der Waals surface area contributed by atoms with Crippen LogP contribution in [-0.4, -0.2) is 31.4 Å². The predicted molar refractivity (Wildman–Crippen MR) is 78.8 cm³/mol. The molecule has 0 heterocycles. The minimum absolute atomic E-state index is 0.295. The van der Waals surface area contributed by atoms with Crippen molar-refractivity contribution in [1.82, 2.24) is 5.32 Å². The molecule has 0 saturated carbocycles. The standard InChI is InChI=1S/C15H18F2N2O4/c1-8(2)4-5-18-13(20)14(21)19-12-6-9(15(22)23-3)10(16)7-11(12)17/h6-8H,4-5H2,1-3H3,(H,18,20)(H,19,21). The fourth-order valence-electron chi connectivity index (χ4n) is 1.64. The quantitative estimate of drug-likeness (QED) is 0.638. The summed E-state index contributed by atoms with van der Waals surface area (Å²) in [5.74, 6) is -4.99. The first kappa shape index (κ1) is 18.5. The third kappa shape index (κ3) is 5.32. The molecule has 0 aromatic heterocycles. The summed E-state index contributed by atoms with van der Waals surface area (Å²) in [6.45, 7) is 4.20. The van der Waals surface area contributed by atoms with Crippen LogP contribution in [0.15, 0.2) is 12.1 Å². The minimum Gasteiger partial charge on any atom is -0.465 e. The van der Waals surface area contributed by atoms with Crippen LogP contribution >= 0.6 is 0 Å². The fourth-order valence-corrected chi connectivity index (χ4v) is 1.64. The lowest BCUT2D eigenvalue weighted by atomic mass is 10.1. The van der Waals surface area contributed by atoms with Crippen LogP contribution in [0, 0.1) is 17.6 Å². The van der Waals surface area contributed by atoms with E-state index in [0.29, 0.717) is 24.9 Å². The molecule has 2 N–H and O–H groups in total. The second-order valence-corrected chi connectivity index (χ2v) is 5.20. The Morgan fingerprint density at radius 2 is 1.78 bits per heavy atom. The molecule has 6 nitrogen and oxygen atoms in total. The van der Waals surface area contributed by atoms with Crippen molar-refractivity contribution in [2.45, 2.75) is 20.3 Å². The van der Waals surface area contributed by atoms with Gasteiger partial charge in [-0.2, -0.15) is 0 Å². The van der Waals surface area contributed by atoms with E-state index >= 15 is 0 Å². The number of amides is 2. The zero-order valence-corrected chi connectivity index (χ0v) is 13.0. The molecular formula is C15H18F2N2O4. The highest BCUT2D eigenvalue weighted by Crippen LogP contribution is 2.20. The van der Waals surface area contributed by atoms with Gasteiger partial charge in [0, 0.05) is 12.6 Å². The van der Waals surface area contributed by atoms with Crippen LogP contribution in [-0.2, 0) is 14.3 Å². The van der Waals surface area contributed by atoms with Gasteiger partial charge in [-0.15, -0.1) is 0 Å². The number of hydrogen-bond donors (Lipinski definition) is 2. The molecule has 0 saturated heterocycles. The first-order chi connectivity index (χ1) is 10.8. The van der Waals surface area contributed by atoms with E-state index in [1.54, 1.807) is 0 Å². The molecule has 0 bridgehead atoms. The average molecular weight is 328 g/mol. The van der Waals surface area contributed by atoms with E-state index in [2.05, 4.69) is 10.1 Å². The third-order valence-corrected chi connectivity index (χ3v) is 2.92. The summed E-state index contributed by atoms with van der Waals surface area (Å²) in [4.78, 5) is 34.6. The second kappa shape index (κ2) is 8.21. The van der Waals surface area contributed by atoms with Gasteiger partial charge in [-0.25, -0.2) is 13.6 Å². The number of nitrogens with one attached hydrogen (secondary N) is 2. The maximum Gasteiger partial charge on any atom is 0.340 e. The smallest absolute Gasteiger partial charge is 0.340 e. The predicted octanol–water partition coefficient (Wildman–Crippen LogP) is 1.85. The van der Waals surface area contributed by atoms with E-state index in [1.165, 1.54) is 0 Å². The number of esters is 1. The lowest BCUT2D eigenvalue weighted by molar-refractivity contribution is -0.136. The Morgan fingerprint density at radius 3 is 2.35 bits per heavy atom. The molecule has 1 rings (SSSR count). The molecule has 0 atom stereocenters. The molecule has 0 aliphatic heterocycles. The van der Waals surface area contributed by atoms with Crippen molar-refractivity contribution in [3.8, 4) is 0 Å². The van der Waals surface area contributed by atoms with Gasteiger partial charge in [0.1, 0.15) is 11.6 Å². The Hall–Kier alpha value is -2.51. The molecule has 8 heteroatoms. The van der Waals surface area contributed by atoms with Gasteiger partial charge in [-0.1, -0.05) is 13.8 Å². The van der Waals surface area contributed by atoms with Crippen molar-refractivity contribution >= 4 is 23.5 Å². The Labute approximate surface area is 132 Å². The van der Waals surface area contributed by atoms with E-state index in [9.17, 15) is 23.2 Å².